The molecule has 0 aliphatic heterocycles. The zero-order chi connectivity index (χ0) is 9.03. The molecule has 1 atom stereocenters. The fraction of sp³-hybridized carbons (Fsp3) is 1.00. The largest absolute Gasteiger partial charge is 0.375 e. The van der Waals surface area contributed by atoms with Crippen molar-refractivity contribution in [2.45, 2.75) is 58.5 Å². The second-order valence-electron chi connectivity index (χ2n) is 4.48. The minimum atomic E-state index is 0.284. The molecule has 1 rings (SSSR count). The molecule has 1 unspecified atom stereocenters. The highest BCUT2D eigenvalue weighted by molar-refractivity contribution is 4.90. The summed E-state index contributed by atoms with van der Waals surface area (Å²) in [6.07, 6.45) is 6.44. The molecule has 0 aromatic rings. The quantitative estimate of drug-likeness (QED) is 0.593. The summed E-state index contributed by atoms with van der Waals surface area (Å²) in [6.45, 7) is 7.76. The third-order valence-corrected chi connectivity index (χ3v) is 2.80. The Bertz CT molecular complexity index is 127. The molecule has 0 radical (unpaired) electrons. The van der Waals surface area contributed by atoms with Crippen LogP contribution in [0.3, 0.4) is 0 Å². The third-order valence-electron chi connectivity index (χ3n) is 2.80. The van der Waals surface area contributed by atoms with Gasteiger partial charge in [-0.3, -0.25) is 0 Å². The first-order valence-corrected chi connectivity index (χ1v) is 5.30. The molecule has 0 N–H and O–H groups in total. The van der Waals surface area contributed by atoms with Crippen LogP contribution in [0, 0.1) is 5.92 Å². The summed E-state index contributed by atoms with van der Waals surface area (Å²) < 4.78 is 5.76. The van der Waals surface area contributed by atoms with Gasteiger partial charge in [-0.15, -0.1) is 0 Å². The van der Waals surface area contributed by atoms with Gasteiger partial charge in [0.15, 0.2) is 0 Å². The minimum absolute atomic E-state index is 0.284. The van der Waals surface area contributed by atoms with Crippen molar-refractivity contribution in [2.75, 3.05) is 6.61 Å². The lowest BCUT2D eigenvalue weighted by atomic mass is 10.0. The first kappa shape index (κ1) is 10.0. The maximum atomic E-state index is 5.76. The summed E-state index contributed by atoms with van der Waals surface area (Å²) in [4.78, 5) is 0. The summed E-state index contributed by atoms with van der Waals surface area (Å²) in [5.74, 6) is 0.845. The number of rotatable bonds is 6. The van der Waals surface area contributed by atoms with Gasteiger partial charge in [-0.1, -0.05) is 26.7 Å². The molecule has 1 nitrogen and oxygen atoms in total. The highest BCUT2D eigenvalue weighted by Crippen LogP contribution is 2.38. The van der Waals surface area contributed by atoms with Crippen molar-refractivity contribution in [2.24, 2.45) is 5.92 Å². The van der Waals surface area contributed by atoms with E-state index < -0.39 is 0 Å². The van der Waals surface area contributed by atoms with Crippen molar-refractivity contribution in [1.82, 2.24) is 0 Å². The van der Waals surface area contributed by atoms with E-state index in [-0.39, 0.29) is 5.60 Å². The van der Waals surface area contributed by atoms with Gasteiger partial charge >= 0.3 is 0 Å². The highest BCUT2D eigenvalue weighted by atomic mass is 16.5. The average Bonchev–Trinajstić information content (AvgIpc) is 2.69. The highest BCUT2D eigenvalue weighted by Gasteiger charge is 2.38. The van der Waals surface area contributed by atoms with Crippen LogP contribution in [-0.4, -0.2) is 12.2 Å². The lowest BCUT2D eigenvalue weighted by Crippen LogP contribution is -2.11. The van der Waals surface area contributed by atoms with E-state index in [4.69, 9.17) is 4.74 Å². The van der Waals surface area contributed by atoms with E-state index in [0.717, 1.165) is 12.5 Å². The van der Waals surface area contributed by atoms with Gasteiger partial charge in [-0.25, -0.2) is 0 Å². The molecule has 0 saturated heterocycles. The van der Waals surface area contributed by atoms with Crippen LogP contribution >= 0.6 is 0 Å². The Balaban J connectivity index is 1.94. The summed E-state index contributed by atoms with van der Waals surface area (Å²) in [6, 6.07) is 0. The Morgan fingerprint density at radius 2 is 2.00 bits per heavy atom. The standard InChI is InChI=1S/C11H22O/c1-4-5-10(2)6-9-12-11(3)7-8-11/h10H,4-9H2,1-3H3. The van der Waals surface area contributed by atoms with Gasteiger partial charge in [0.2, 0.25) is 0 Å². The molecule has 0 aromatic heterocycles. The fourth-order valence-corrected chi connectivity index (χ4v) is 1.46. The van der Waals surface area contributed by atoms with E-state index >= 15 is 0 Å². The maximum absolute atomic E-state index is 5.76. The molecule has 1 saturated carbocycles. The second kappa shape index (κ2) is 4.27. The van der Waals surface area contributed by atoms with Crippen LogP contribution in [0.15, 0.2) is 0 Å². The molecule has 0 amide bonds. The van der Waals surface area contributed by atoms with Gasteiger partial charge in [0, 0.05) is 6.61 Å². The molecular formula is C11H22O. The predicted octanol–water partition coefficient (Wildman–Crippen LogP) is 3.38. The minimum Gasteiger partial charge on any atom is -0.375 e. The molecule has 12 heavy (non-hydrogen) atoms. The number of ether oxygens (including phenoxy) is 1. The molecule has 0 aromatic carbocycles. The van der Waals surface area contributed by atoms with Crippen LogP contribution in [0.2, 0.25) is 0 Å². The summed E-state index contributed by atoms with van der Waals surface area (Å²) in [5.41, 5.74) is 0.284. The van der Waals surface area contributed by atoms with Crippen LogP contribution in [-0.2, 0) is 4.74 Å². The average molecular weight is 170 g/mol. The van der Waals surface area contributed by atoms with Crippen LogP contribution in [0.25, 0.3) is 0 Å². The van der Waals surface area contributed by atoms with Crippen molar-refractivity contribution in [3.63, 3.8) is 0 Å². The van der Waals surface area contributed by atoms with Crippen molar-refractivity contribution < 1.29 is 4.74 Å². The van der Waals surface area contributed by atoms with Gasteiger partial charge in [0.05, 0.1) is 5.60 Å². The maximum Gasteiger partial charge on any atom is 0.0656 e. The van der Waals surface area contributed by atoms with Gasteiger partial charge in [-0.2, -0.15) is 0 Å². The summed E-state index contributed by atoms with van der Waals surface area (Å²) in [7, 11) is 0. The first-order valence-electron chi connectivity index (χ1n) is 5.30. The SMILES string of the molecule is CCCC(C)CCOC1(C)CC1. The lowest BCUT2D eigenvalue weighted by molar-refractivity contribution is 0.0383. The monoisotopic (exact) mass is 170 g/mol. The summed E-state index contributed by atoms with van der Waals surface area (Å²) in [5, 5.41) is 0. The summed E-state index contributed by atoms with van der Waals surface area (Å²) >= 11 is 0. The first-order chi connectivity index (χ1) is 5.66. The molecule has 1 aliphatic carbocycles. The van der Waals surface area contributed by atoms with Gasteiger partial charge in [-0.05, 0) is 32.1 Å². The number of hydrogen-bond acceptors (Lipinski definition) is 1. The van der Waals surface area contributed by atoms with Gasteiger partial charge in [0.25, 0.3) is 0 Å². The number of hydrogen-bond donors (Lipinski definition) is 0. The zero-order valence-corrected chi connectivity index (χ0v) is 8.73. The third kappa shape index (κ3) is 3.57. The van der Waals surface area contributed by atoms with E-state index in [1.54, 1.807) is 0 Å². The molecule has 0 spiro atoms. The molecule has 1 aliphatic rings. The Morgan fingerprint density at radius 3 is 2.50 bits per heavy atom. The van der Waals surface area contributed by atoms with Crippen LogP contribution in [0.5, 0.6) is 0 Å². The predicted molar refractivity (Wildman–Crippen MR) is 52.3 cm³/mol. The fourth-order valence-electron chi connectivity index (χ4n) is 1.46. The Hall–Kier alpha value is -0.0400. The molecular weight excluding hydrogens is 148 g/mol. The second-order valence-corrected chi connectivity index (χ2v) is 4.48. The molecule has 0 heterocycles. The van der Waals surface area contributed by atoms with E-state index in [2.05, 4.69) is 20.8 Å². The Kier molecular flexibility index (Phi) is 3.57. The lowest BCUT2D eigenvalue weighted by Gasteiger charge is -2.13. The van der Waals surface area contributed by atoms with Crippen LogP contribution in [0.1, 0.15) is 52.9 Å². The normalized spacial score (nSPS) is 22.2. The van der Waals surface area contributed by atoms with Gasteiger partial charge in [0.1, 0.15) is 0 Å². The van der Waals surface area contributed by atoms with Crippen molar-refractivity contribution in [3.05, 3.63) is 0 Å². The van der Waals surface area contributed by atoms with Crippen LogP contribution in [0.4, 0.5) is 0 Å². The van der Waals surface area contributed by atoms with E-state index in [1.165, 1.54) is 32.1 Å². The van der Waals surface area contributed by atoms with Crippen molar-refractivity contribution in [3.8, 4) is 0 Å². The smallest absolute Gasteiger partial charge is 0.0656 e. The van der Waals surface area contributed by atoms with Gasteiger partial charge < -0.3 is 4.74 Å². The Labute approximate surface area is 76.5 Å². The van der Waals surface area contributed by atoms with Crippen molar-refractivity contribution in [1.29, 1.82) is 0 Å². The zero-order valence-electron chi connectivity index (χ0n) is 8.73. The van der Waals surface area contributed by atoms with Crippen molar-refractivity contribution >= 4 is 0 Å². The molecule has 72 valence electrons. The van der Waals surface area contributed by atoms with E-state index in [9.17, 15) is 0 Å². The topological polar surface area (TPSA) is 9.23 Å². The molecule has 1 heteroatoms. The van der Waals surface area contributed by atoms with E-state index in [0.29, 0.717) is 0 Å². The molecule has 0 bridgehead atoms. The van der Waals surface area contributed by atoms with Crippen LogP contribution < -0.4 is 0 Å². The molecule has 1 fully saturated rings. The Morgan fingerprint density at radius 1 is 1.33 bits per heavy atom. The van der Waals surface area contributed by atoms with E-state index in [1.807, 2.05) is 0 Å².